The molecule has 24 heavy (non-hydrogen) atoms. The molecule has 1 fully saturated rings. The lowest BCUT2D eigenvalue weighted by atomic mass is 10.1. The van der Waals surface area contributed by atoms with Crippen molar-refractivity contribution >= 4 is 17.5 Å². The SMILES string of the molecule is CC1Oc2ccc(CC(=O)NCCN3CCOCC3)cc2NC1=O. The Morgan fingerprint density at radius 2 is 2.17 bits per heavy atom. The number of ether oxygens (including phenoxy) is 2. The highest BCUT2D eigenvalue weighted by Gasteiger charge is 2.23. The van der Waals surface area contributed by atoms with Crippen molar-refractivity contribution in [2.45, 2.75) is 19.4 Å². The Balaban J connectivity index is 1.48. The van der Waals surface area contributed by atoms with Crippen LogP contribution in [0.25, 0.3) is 0 Å². The number of morpholine rings is 1. The number of rotatable bonds is 5. The summed E-state index contributed by atoms with van der Waals surface area (Å²) in [7, 11) is 0. The van der Waals surface area contributed by atoms with Gasteiger partial charge < -0.3 is 20.1 Å². The van der Waals surface area contributed by atoms with Crippen LogP contribution in [0.1, 0.15) is 12.5 Å². The first-order valence-electron chi connectivity index (χ1n) is 8.29. The lowest BCUT2D eigenvalue weighted by Crippen LogP contribution is -2.41. The molecule has 1 aromatic carbocycles. The summed E-state index contributed by atoms with van der Waals surface area (Å²) in [5.41, 5.74) is 1.47. The minimum Gasteiger partial charge on any atom is -0.479 e. The molecule has 2 N–H and O–H groups in total. The van der Waals surface area contributed by atoms with Gasteiger partial charge in [-0.05, 0) is 24.6 Å². The number of anilines is 1. The van der Waals surface area contributed by atoms with Crippen LogP contribution in [0.15, 0.2) is 18.2 Å². The van der Waals surface area contributed by atoms with E-state index in [1.807, 2.05) is 6.07 Å². The summed E-state index contributed by atoms with van der Waals surface area (Å²) in [6.45, 7) is 6.51. The Bertz CT molecular complexity index is 614. The topological polar surface area (TPSA) is 79.9 Å². The molecule has 1 saturated heterocycles. The van der Waals surface area contributed by atoms with Crippen molar-refractivity contribution in [3.05, 3.63) is 23.8 Å². The quantitative estimate of drug-likeness (QED) is 0.815. The van der Waals surface area contributed by atoms with Crippen LogP contribution in [0, 0.1) is 0 Å². The molecule has 0 aliphatic carbocycles. The van der Waals surface area contributed by atoms with Gasteiger partial charge in [-0.3, -0.25) is 14.5 Å². The highest BCUT2D eigenvalue weighted by molar-refractivity contribution is 5.97. The van der Waals surface area contributed by atoms with Crippen molar-refractivity contribution in [2.24, 2.45) is 0 Å². The molecule has 0 radical (unpaired) electrons. The Morgan fingerprint density at radius 1 is 1.38 bits per heavy atom. The van der Waals surface area contributed by atoms with Gasteiger partial charge in [-0.1, -0.05) is 6.07 Å². The molecule has 3 rings (SSSR count). The summed E-state index contributed by atoms with van der Waals surface area (Å²) in [6.07, 6.45) is -0.214. The van der Waals surface area contributed by atoms with Crippen molar-refractivity contribution in [3.8, 4) is 5.75 Å². The average Bonchev–Trinajstić information content (AvgIpc) is 2.57. The third-order valence-corrected chi connectivity index (χ3v) is 4.19. The largest absolute Gasteiger partial charge is 0.479 e. The molecular weight excluding hydrogens is 310 g/mol. The van der Waals surface area contributed by atoms with Gasteiger partial charge in [-0.15, -0.1) is 0 Å². The van der Waals surface area contributed by atoms with Gasteiger partial charge in [0.25, 0.3) is 5.91 Å². The number of fused-ring (bicyclic) bond motifs is 1. The minimum atomic E-state index is -0.494. The fraction of sp³-hybridized carbons (Fsp3) is 0.529. The van der Waals surface area contributed by atoms with Crippen molar-refractivity contribution in [3.63, 3.8) is 0 Å². The molecule has 2 aliphatic heterocycles. The monoisotopic (exact) mass is 333 g/mol. The van der Waals surface area contributed by atoms with Crippen LogP contribution in [0.4, 0.5) is 5.69 Å². The number of hydrogen-bond acceptors (Lipinski definition) is 5. The molecule has 1 atom stereocenters. The molecule has 2 amide bonds. The van der Waals surface area contributed by atoms with Gasteiger partial charge in [-0.25, -0.2) is 0 Å². The number of amides is 2. The Morgan fingerprint density at radius 3 is 2.96 bits per heavy atom. The lowest BCUT2D eigenvalue weighted by molar-refractivity contribution is -0.122. The summed E-state index contributed by atoms with van der Waals surface area (Å²) in [4.78, 5) is 26.0. The smallest absolute Gasteiger partial charge is 0.265 e. The zero-order valence-electron chi connectivity index (χ0n) is 13.8. The van der Waals surface area contributed by atoms with Crippen molar-refractivity contribution in [1.29, 1.82) is 0 Å². The fourth-order valence-corrected chi connectivity index (χ4v) is 2.79. The van der Waals surface area contributed by atoms with Gasteiger partial charge >= 0.3 is 0 Å². The molecule has 0 aromatic heterocycles. The second-order valence-electron chi connectivity index (χ2n) is 6.06. The number of carbonyl (C=O) groups excluding carboxylic acids is 2. The zero-order chi connectivity index (χ0) is 16.9. The number of nitrogens with one attached hydrogen (secondary N) is 2. The second-order valence-corrected chi connectivity index (χ2v) is 6.06. The van der Waals surface area contributed by atoms with Crippen LogP contribution in [-0.4, -0.2) is 62.2 Å². The molecule has 0 saturated carbocycles. The third-order valence-electron chi connectivity index (χ3n) is 4.19. The summed E-state index contributed by atoms with van der Waals surface area (Å²) >= 11 is 0. The molecule has 1 aromatic rings. The number of hydrogen-bond donors (Lipinski definition) is 2. The van der Waals surface area contributed by atoms with E-state index in [9.17, 15) is 9.59 Å². The predicted octanol–water partition coefficient (Wildman–Crippen LogP) is 0.397. The molecule has 130 valence electrons. The molecule has 7 heteroatoms. The Labute approximate surface area is 141 Å². The van der Waals surface area contributed by atoms with Gasteiger partial charge in [0.05, 0.1) is 25.3 Å². The van der Waals surface area contributed by atoms with Gasteiger partial charge in [0.15, 0.2) is 6.10 Å². The summed E-state index contributed by atoms with van der Waals surface area (Å²) in [5.74, 6) is 0.438. The molecule has 0 spiro atoms. The third kappa shape index (κ3) is 4.24. The van der Waals surface area contributed by atoms with Crippen molar-refractivity contribution < 1.29 is 19.1 Å². The lowest BCUT2D eigenvalue weighted by Gasteiger charge is -2.26. The number of nitrogens with zero attached hydrogens (tertiary/aromatic N) is 1. The maximum absolute atomic E-state index is 12.1. The van der Waals surface area contributed by atoms with Crippen LogP contribution >= 0.6 is 0 Å². The van der Waals surface area contributed by atoms with Crippen molar-refractivity contribution in [2.75, 3.05) is 44.7 Å². The number of carbonyl (C=O) groups is 2. The maximum Gasteiger partial charge on any atom is 0.265 e. The first kappa shape index (κ1) is 16.7. The van der Waals surface area contributed by atoms with E-state index in [1.54, 1.807) is 19.1 Å². The minimum absolute atomic E-state index is 0.0281. The second kappa shape index (κ2) is 7.63. The molecule has 2 heterocycles. The first-order chi connectivity index (χ1) is 11.6. The van der Waals surface area contributed by atoms with Gasteiger partial charge in [0.2, 0.25) is 5.91 Å². The molecular formula is C17H23N3O4. The predicted molar refractivity (Wildman–Crippen MR) is 89.1 cm³/mol. The van der Waals surface area contributed by atoms with E-state index in [-0.39, 0.29) is 18.2 Å². The molecule has 0 bridgehead atoms. The highest BCUT2D eigenvalue weighted by atomic mass is 16.5. The standard InChI is InChI=1S/C17H23N3O4/c1-12-17(22)19-14-10-13(2-3-15(14)24-12)11-16(21)18-4-5-20-6-8-23-9-7-20/h2-3,10,12H,4-9,11H2,1H3,(H,18,21)(H,19,22). The van der Waals surface area contributed by atoms with Crippen LogP contribution < -0.4 is 15.4 Å². The van der Waals surface area contributed by atoms with E-state index < -0.39 is 6.10 Å². The van der Waals surface area contributed by atoms with Crippen LogP contribution in [0.3, 0.4) is 0 Å². The van der Waals surface area contributed by atoms with E-state index in [2.05, 4.69) is 15.5 Å². The fourth-order valence-electron chi connectivity index (χ4n) is 2.79. The molecule has 7 nitrogen and oxygen atoms in total. The molecule has 1 unspecified atom stereocenters. The summed E-state index contributed by atoms with van der Waals surface area (Å²) in [6, 6.07) is 5.44. The van der Waals surface area contributed by atoms with E-state index in [0.717, 1.165) is 38.4 Å². The molecule has 2 aliphatic rings. The van der Waals surface area contributed by atoms with Crippen LogP contribution in [0.2, 0.25) is 0 Å². The summed E-state index contributed by atoms with van der Waals surface area (Å²) in [5, 5.41) is 5.73. The Hall–Kier alpha value is -2.12. The van der Waals surface area contributed by atoms with Crippen LogP contribution in [-0.2, 0) is 20.7 Å². The zero-order valence-corrected chi connectivity index (χ0v) is 13.8. The summed E-state index contributed by atoms with van der Waals surface area (Å²) < 4.78 is 10.8. The average molecular weight is 333 g/mol. The van der Waals surface area contributed by atoms with Crippen LogP contribution in [0.5, 0.6) is 5.75 Å². The number of benzene rings is 1. The normalized spacial score (nSPS) is 20.7. The maximum atomic E-state index is 12.1. The van der Waals surface area contributed by atoms with Gasteiger partial charge in [0, 0.05) is 26.2 Å². The van der Waals surface area contributed by atoms with E-state index in [0.29, 0.717) is 18.0 Å². The van der Waals surface area contributed by atoms with Gasteiger partial charge in [-0.2, -0.15) is 0 Å². The van der Waals surface area contributed by atoms with E-state index in [4.69, 9.17) is 9.47 Å². The van der Waals surface area contributed by atoms with E-state index >= 15 is 0 Å². The highest BCUT2D eigenvalue weighted by Crippen LogP contribution is 2.30. The first-order valence-corrected chi connectivity index (χ1v) is 8.29. The van der Waals surface area contributed by atoms with Crippen molar-refractivity contribution in [1.82, 2.24) is 10.2 Å². The van der Waals surface area contributed by atoms with Gasteiger partial charge in [0.1, 0.15) is 5.75 Å². The van der Waals surface area contributed by atoms with E-state index in [1.165, 1.54) is 0 Å². The Kier molecular flexibility index (Phi) is 5.32.